The Labute approximate surface area is 111 Å². The van der Waals surface area contributed by atoms with Crippen LogP contribution in [0, 0.1) is 4.64 Å². The quantitative estimate of drug-likeness (QED) is 0.832. The monoisotopic (exact) mass is 266 g/mol. The van der Waals surface area contributed by atoms with Gasteiger partial charge in [0.25, 0.3) is 0 Å². The summed E-state index contributed by atoms with van der Waals surface area (Å²) in [4.78, 5) is 14.9. The lowest BCUT2D eigenvalue weighted by Gasteiger charge is -2.22. The number of ether oxygens (including phenoxy) is 1. The molecule has 18 heavy (non-hydrogen) atoms. The summed E-state index contributed by atoms with van der Waals surface area (Å²) in [6.45, 7) is 1.50. The Morgan fingerprint density at radius 1 is 1.33 bits per heavy atom. The van der Waals surface area contributed by atoms with E-state index in [0.717, 1.165) is 44.4 Å². The molecule has 1 atom stereocenters. The van der Waals surface area contributed by atoms with Crippen molar-refractivity contribution >= 4 is 12.2 Å². The van der Waals surface area contributed by atoms with E-state index in [2.05, 4.69) is 4.98 Å². The second-order valence-electron chi connectivity index (χ2n) is 5.14. The molecule has 2 heterocycles. The average molecular weight is 266 g/mol. The number of H-pyrrole nitrogens is 1. The van der Waals surface area contributed by atoms with E-state index in [9.17, 15) is 4.79 Å². The molecule has 1 unspecified atom stereocenters. The highest BCUT2D eigenvalue weighted by atomic mass is 32.1. The second kappa shape index (κ2) is 4.97. The molecule has 0 radical (unpaired) electrons. The van der Waals surface area contributed by atoms with Crippen LogP contribution in [0.3, 0.4) is 0 Å². The first-order valence-electron chi connectivity index (χ1n) is 6.72. The molecule has 1 aromatic rings. The van der Waals surface area contributed by atoms with E-state index in [4.69, 9.17) is 17.0 Å². The Bertz CT molecular complexity index is 555. The Morgan fingerprint density at radius 2 is 2.17 bits per heavy atom. The zero-order valence-electron chi connectivity index (χ0n) is 10.4. The Hall–Kier alpha value is -0.940. The van der Waals surface area contributed by atoms with Crippen LogP contribution in [-0.2, 0) is 24.1 Å². The molecular formula is C13H18N2O2S. The maximum atomic E-state index is 12.1. The molecule has 1 aromatic heterocycles. The SMILES string of the molecule is O=c1[nH]c(=S)c2c(n1CC1CCCO1)CCCC2. The van der Waals surface area contributed by atoms with Gasteiger partial charge in [0.2, 0.25) is 0 Å². The number of hydrogen-bond donors (Lipinski definition) is 1. The number of nitrogens with one attached hydrogen (secondary N) is 1. The predicted molar refractivity (Wildman–Crippen MR) is 71.5 cm³/mol. The van der Waals surface area contributed by atoms with E-state index in [-0.39, 0.29) is 11.8 Å². The first kappa shape index (κ1) is 12.1. The normalized spacial score (nSPS) is 23.0. The number of rotatable bonds is 2. The third kappa shape index (κ3) is 2.17. The summed E-state index contributed by atoms with van der Waals surface area (Å²) in [7, 11) is 0. The van der Waals surface area contributed by atoms with Crippen LogP contribution >= 0.6 is 12.2 Å². The van der Waals surface area contributed by atoms with E-state index in [1.165, 1.54) is 12.0 Å². The first-order chi connectivity index (χ1) is 8.75. The van der Waals surface area contributed by atoms with Crippen molar-refractivity contribution in [1.29, 1.82) is 0 Å². The van der Waals surface area contributed by atoms with Gasteiger partial charge in [-0.1, -0.05) is 12.2 Å². The minimum atomic E-state index is -0.0730. The van der Waals surface area contributed by atoms with Crippen LogP contribution in [0.1, 0.15) is 36.9 Å². The van der Waals surface area contributed by atoms with Gasteiger partial charge < -0.3 is 4.74 Å². The van der Waals surface area contributed by atoms with Crippen molar-refractivity contribution in [2.24, 2.45) is 0 Å². The van der Waals surface area contributed by atoms with E-state index >= 15 is 0 Å². The Balaban J connectivity index is 2.01. The molecule has 1 saturated heterocycles. The van der Waals surface area contributed by atoms with E-state index < -0.39 is 0 Å². The minimum Gasteiger partial charge on any atom is -0.376 e. The average Bonchev–Trinajstić information content (AvgIpc) is 2.87. The van der Waals surface area contributed by atoms with Crippen molar-refractivity contribution in [3.8, 4) is 0 Å². The highest BCUT2D eigenvalue weighted by molar-refractivity contribution is 7.71. The summed E-state index contributed by atoms with van der Waals surface area (Å²) in [6.07, 6.45) is 6.63. The van der Waals surface area contributed by atoms with Gasteiger partial charge in [0.15, 0.2) is 0 Å². The number of aromatic nitrogens is 2. The summed E-state index contributed by atoms with van der Waals surface area (Å²) in [5.74, 6) is 0. The third-order valence-electron chi connectivity index (χ3n) is 3.91. The van der Waals surface area contributed by atoms with Gasteiger partial charge in [-0.25, -0.2) is 4.79 Å². The van der Waals surface area contributed by atoms with Gasteiger partial charge in [-0.05, 0) is 38.5 Å². The number of nitrogens with zero attached hydrogens (tertiary/aromatic N) is 1. The zero-order valence-corrected chi connectivity index (χ0v) is 11.2. The molecular weight excluding hydrogens is 248 g/mol. The van der Waals surface area contributed by atoms with Gasteiger partial charge in [0.1, 0.15) is 4.64 Å². The molecule has 0 bridgehead atoms. The van der Waals surface area contributed by atoms with Crippen LogP contribution in [-0.4, -0.2) is 22.3 Å². The van der Waals surface area contributed by atoms with Crippen LogP contribution in [0.25, 0.3) is 0 Å². The molecule has 98 valence electrons. The minimum absolute atomic E-state index is 0.0730. The molecule has 0 spiro atoms. The van der Waals surface area contributed by atoms with Crippen LogP contribution in [0.5, 0.6) is 0 Å². The smallest absolute Gasteiger partial charge is 0.326 e. The fourth-order valence-corrected chi connectivity index (χ4v) is 3.29. The van der Waals surface area contributed by atoms with Crippen LogP contribution in [0.2, 0.25) is 0 Å². The Kier molecular flexibility index (Phi) is 3.35. The highest BCUT2D eigenvalue weighted by Crippen LogP contribution is 2.22. The molecule has 3 rings (SSSR count). The van der Waals surface area contributed by atoms with Crippen LogP contribution in [0.15, 0.2) is 4.79 Å². The molecule has 1 fully saturated rings. The predicted octanol–water partition coefficient (Wildman–Crippen LogP) is 1.96. The second-order valence-corrected chi connectivity index (χ2v) is 5.55. The van der Waals surface area contributed by atoms with E-state index in [1.54, 1.807) is 0 Å². The molecule has 0 aromatic carbocycles. The van der Waals surface area contributed by atoms with Gasteiger partial charge in [-0.15, -0.1) is 0 Å². The summed E-state index contributed by atoms with van der Waals surface area (Å²) < 4.78 is 8.13. The molecule has 4 nitrogen and oxygen atoms in total. The van der Waals surface area contributed by atoms with Gasteiger partial charge >= 0.3 is 5.69 Å². The summed E-state index contributed by atoms with van der Waals surface area (Å²) in [5, 5.41) is 0. The van der Waals surface area contributed by atoms with Crippen molar-refractivity contribution in [2.45, 2.75) is 51.2 Å². The van der Waals surface area contributed by atoms with Crippen molar-refractivity contribution in [3.05, 3.63) is 26.4 Å². The maximum absolute atomic E-state index is 12.1. The number of fused-ring (bicyclic) bond motifs is 1. The molecule has 1 aliphatic heterocycles. The topological polar surface area (TPSA) is 47.0 Å². The lowest BCUT2D eigenvalue weighted by atomic mass is 9.97. The first-order valence-corrected chi connectivity index (χ1v) is 7.13. The molecule has 1 aliphatic carbocycles. The standard InChI is InChI=1S/C13H18N2O2S/c16-13-14-12(18)10-5-1-2-6-11(10)15(13)8-9-4-3-7-17-9/h9H,1-8H2,(H,14,16,18). The van der Waals surface area contributed by atoms with Gasteiger partial charge in [-0.3, -0.25) is 9.55 Å². The van der Waals surface area contributed by atoms with Crippen molar-refractivity contribution in [1.82, 2.24) is 9.55 Å². The lowest BCUT2D eigenvalue weighted by molar-refractivity contribution is 0.0948. The van der Waals surface area contributed by atoms with Crippen molar-refractivity contribution < 1.29 is 4.74 Å². The van der Waals surface area contributed by atoms with Gasteiger partial charge in [-0.2, -0.15) is 0 Å². The zero-order chi connectivity index (χ0) is 12.5. The Morgan fingerprint density at radius 3 is 2.94 bits per heavy atom. The lowest BCUT2D eigenvalue weighted by Crippen LogP contribution is -2.33. The summed E-state index contributed by atoms with van der Waals surface area (Å²) in [5.41, 5.74) is 2.25. The third-order valence-corrected chi connectivity index (χ3v) is 4.26. The molecule has 0 amide bonds. The molecule has 1 N–H and O–H groups in total. The fraction of sp³-hybridized carbons (Fsp3) is 0.692. The van der Waals surface area contributed by atoms with Crippen molar-refractivity contribution in [3.63, 3.8) is 0 Å². The highest BCUT2D eigenvalue weighted by Gasteiger charge is 2.21. The van der Waals surface area contributed by atoms with Crippen molar-refractivity contribution in [2.75, 3.05) is 6.61 Å². The largest absolute Gasteiger partial charge is 0.376 e. The number of hydrogen-bond acceptors (Lipinski definition) is 3. The van der Waals surface area contributed by atoms with Crippen LogP contribution < -0.4 is 5.69 Å². The summed E-state index contributed by atoms with van der Waals surface area (Å²) >= 11 is 5.27. The van der Waals surface area contributed by atoms with Gasteiger partial charge in [0.05, 0.1) is 12.6 Å². The van der Waals surface area contributed by atoms with E-state index in [0.29, 0.717) is 11.2 Å². The van der Waals surface area contributed by atoms with E-state index in [1.807, 2.05) is 4.57 Å². The van der Waals surface area contributed by atoms with Crippen LogP contribution in [0.4, 0.5) is 0 Å². The fourth-order valence-electron chi connectivity index (χ4n) is 2.98. The molecule has 2 aliphatic rings. The summed E-state index contributed by atoms with van der Waals surface area (Å²) in [6, 6.07) is 0. The number of aromatic amines is 1. The molecule has 0 saturated carbocycles. The maximum Gasteiger partial charge on any atom is 0.326 e. The molecule has 5 heteroatoms. The van der Waals surface area contributed by atoms with Gasteiger partial charge in [0, 0.05) is 17.9 Å².